The van der Waals surface area contributed by atoms with Gasteiger partial charge in [0, 0.05) is 23.3 Å². The Morgan fingerprint density at radius 3 is 1.92 bits per heavy atom. The van der Waals surface area contributed by atoms with Crippen molar-refractivity contribution in [3.63, 3.8) is 0 Å². The lowest BCUT2D eigenvalue weighted by Crippen LogP contribution is -2.21. The number of nitro groups is 1. The van der Waals surface area contributed by atoms with Gasteiger partial charge in [-0.2, -0.15) is 5.10 Å². The molecule has 0 saturated carbocycles. The Morgan fingerprint density at radius 1 is 1.00 bits per heavy atom. The first-order valence-corrected chi connectivity index (χ1v) is 10.2. The van der Waals surface area contributed by atoms with E-state index in [1.807, 2.05) is 60.7 Å². The van der Waals surface area contributed by atoms with Gasteiger partial charge >= 0.3 is 5.69 Å². The Balaban J connectivity index is 1.97. The molecule has 0 radical (unpaired) electrons. The minimum atomic E-state index is -2.87. The van der Waals surface area contributed by atoms with Crippen LogP contribution in [0.2, 0.25) is 0 Å². The van der Waals surface area contributed by atoms with Gasteiger partial charge in [-0.25, -0.2) is 0 Å². The number of aryl methyl sites for hydroxylation is 2. The van der Waals surface area contributed by atoms with Crippen LogP contribution in [-0.2, 0) is 11.1 Å². The second kappa shape index (κ2) is 7.26. The largest absolute Gasteiger partial charge is 0.314 e. The van der Waals surface area contributed by atoms with Crippen LogP contribution >= 0.6 is 7.14 Å². The van der Waals surface area contributed by atoms with Gasteiger partial charge in [0.1, 0.15) is 18.5 Å². The summed E-state index contributed by atoms with van der Waals surface area (Å²) in [7, 11) is -2.87. The van der Waals surface area contributed by atoms with Crippen molar-refractivity contribution in [3.8, 4) is 0 Å². The molecule has 134 valence electrons. The Kier molecular flexibility index (Phi) is 5.05. The molecular weight excluding hydrogens is 349 g/mol. The van der Waals surface area contributed by atoms with Gasteiger partial charge in [0.25, 0.3) is 0 Å². The van der Waals surface area contributed by atoms with Gasteiger partial charge in [0.15, 0.2) is 0 Å². The van der Waals surface area contributed by atoms with E-state index in [0.29, 0.717) is 24.1 Å². The average molecular weight is 369 g/mol. The molecule has 3 rings (SSSR count). The SMILES string of the molecule is Cc1nn(CCP(=O)(c2ccccc2)c2ccccc2)c(C)c1[N+](=O)[O-]. The smallest absolute Gasteiger partial charge is 0.312 e. The normalized spacial score (nSPS) is 11.5. The van der Waals surface area contributed by atoms with Gasteiger partial charge < -0.3 is 4.57 Å². The van der Waals surface area contributed by atoms with E-state index in [9.17, 15) is 14.7 Å². The third-order valence-electron chi connectivity index (χ3n) is 4.50. The molecule has 3 aromatic rings. The van der Waals surface area contributed by atoms with Crippen LogP contribution in [0.25, 0.3) is 0 Å². The summed E-state index contributed by atoms with van der Waals surface area (Å²) in [5.74, 6) is 0. The molecule has 0 bridgehead atoms. The van der Waals surface area contributed by atoms with Gasteiger partial charge in [0.2, 0.25) is 0 Å². The molecule has 26 heavy (non-hydrogen) atoms. The highest BCUT2D eigenvalue weighted by molar-refractivity contribution is 7.78. The molecule has 0 aliphatic rings. The van der Waals surface area contributed by atoms with E-state index in [1.165, 1.54) is 0 Å². The lowest BCUT2D eigenvalue weighted by Gasteiger charge is -2.19. The van der Waals surface area contributed by atoms with Gasteiger partial charge in [0.05, 0.1) is 4.92 Å². The van der Waals surface area contributed by atoms with E-state index in [4.69, 9.17) is 0 Å². The summed E-state index contributed by atoms with van der Waals surface area (Å²) >= 11 is 0. The number of hydrogen-bond acceptors (Lipinski definition) is 4. The highest BCUT2D eigenvalue weighted by atomic mass is 31.2. The summed E-state index contributed by atoms with van der Waals surface area (Å²) in [6, 6.07) is 18.8. The lowest BCUT2D eigenvalue weighted by atomic mass is 10.3. The van der Waals surface area contributed by atoms with Crippen molar-refractivity contribution in [2.45, 2.75) is 20.4 Å². The molecular formula is C19H20N3O3P. The van der Waals surface area contributed by atoms with Crippen LogP contribution in [0, 0.1) is 24.0 Å². The van der Waals surface area contributed by atoms with Crippen molar-refractivity contribution in [1.82, 2.24) is 9.78 Å². The van der Waals surface area contributed by atoms with Crippen molar-refractivity contribution in [2.24, 2.45) is 0 Å². The van der Waals surface area contributed by atoms with Gasteiger partial charge in [-0.05, 0) is 13.8 Å². The second-order valence-corrected chi connectivity index (χ2v) is 9.09. The third-order valence-corrected chi connectivity index (χ3v) is 7.59. The molecule has 0 unspecified atom stereocenters. The van der Waals surface area contributed by atoms with Crippen molar-refractivity contribution in [2.75, 3.05) is 6.16 Å². The minimum Gasteiger partial charge on any atom is -0.314 e. The number of hydrogen-bond donors (Lipinski definition) is 0. The summed E-state index contributed by atoms with van der Waals surface area (Å²) < 4.78 is 15.5. The first-order chi connectivity index (χ1) is 12.4. The maximum absolute atomic E-state index is 14.0. The number of benzene rings is 2. The van der Waals surface area contributed by atoms with Crippen LogP contribution in [0.3, 0.4) is 0 Å². The number of rotatable bonds is 6. The van der Waals surface area contributed by atoms with Gasteiger partial charge in [-0.15, -0.1) is 0 Å². The monoisotopic (exact) mass is 369 g/mol. The summed E-state index contributed by atoms with van der Waals surface area (Å²) in [6.07, 6.45) is 0.347. The molecule has 0 aliphatic carbocycles. The molecule has 0 amide bonds. The summed E-state index contributed by atoms with van der Waals surface area (Å²) in [6.45, 7) is 3.64. The van der Waals surface area contributed by atoms with Crippen molar-refractivity contribution >= 4 is 23.4 Å². The van der Waals surface area contributed by atoms with Gasteiger partial charge in [-0.3, -0.25) is 14.8 Å². The van der Waals surface area contributed by atoms with Crippen LogP contribution in [0.4, 0.5) is 5.69 Å². The molecule has 0 saturated heterocycles. The fourth-order valence-corrected chi connectivity index (χ4v) is 5.74. The Hall–Kier alpha value is -2.72. The highest BCUT2D eigenvalue weighted by Gasteiger charge is 2.28. The minimum absolute atomic E-state index is 0.0271. The predicted octanol–water partition coefficient (Wildman–Crippen LogP) is 3.42. The van der Waals surface area contributed by atoms with E-state index in [-0.39, 0.29) is 5.69 Å². The topological polar surface area (TPSA) is 78.0 Å². The zero-order valence-corrected chi connectivity index (χ0v) is 15.6. The summed E-state index contributed by atoms with van der Waals surface area (Å²) in [4.78, 5) is 10.8. The standard InChI is InChI=1S/C19H20N3O3P/c1-15-19(22(23)24)16(2)21(20-15)13-14-26(25,17-9-5-3-6-10-17)18-11-7-4-8-12-18/h3-12H,13-14H2,1-2H3. The molecule has 6 nitrogen and oxygen atoms in total. The van der Waals surface area contributed by atoms with Crippen molar-refractivity contribution in [3.05, 3.63) is 82.2 Å². The fourth-order valence-electron chi connectivity index (χ4n) is 3.15. The Morgan fingerprint density at radius 2 is 1.50 bits per heavy atom. The zero-order chi connectivity index (χ0) is 18.7. The van der Waals surface area contributed by atoms with Crippen molar-refractivity contribution < 1.29 is 9.49 Å². The first-order valence-electron chi connectivity index (χ1n) is 8.32. The van der Waals surface area contributed by atoms with Crippen LogP contribution < -0.4 is 10.6 Å². The first kappa shape index (κ1) is 18.1. The maximum Gasteiger partial charge on any atom is 0.312 e. The molecule has 0 N–H and O–H groups in total. The average Bonchev–Trinajstić information content (AvgIpc) is 2.94. The third kappa shape index (κ3) is 3.33. The van der Waals surface area contributed by atoms with E-state index in [1.54, 1.807) is 18.5 Å². The molecule has 0 spiro atoms. The summed E-state index contributed by atoms with van der Waals surface area (Å²) in [5, 5.41) is 17.0. The van der Waals surface area contributed by atoms with Crippen LogP contribution in [0.1, 0.15) is 11.4 Å². The molecule has 0 aliphatic heterocycles. The Bertz CT molecular complexity index is 925. The van der Waals surface area contributed by atoms with E-state index in [0.717, 1.165) is 10.6 Å². The number of nitrogens with zero attached hydrogens (tertiary/aromatic N) is 3. The predicted molar refractivity (Wildman–Crippen MR) is 103 cm³/mol. The molecule has 2 aromatic carbocycles. The fraction of sp³-hybridized carbons (Fsp3) is 0.211. The highest BCUT2D eigenvalue weighted by Crippen LogP contribution is 2.43. The Labute approximate surface area is 152 Å². The second-order valence-electron chi connectivity index (χ2n) is 6.13. The van der Waals surface area contributed by atoms with Crippen molar-refractivity contribution in [1.29, 1.82) is 0 Å². The lowest BCUT2D eigenvalue weighted by molar-refractivity contribution is -0.386. The van der Waals surface area contributed by atoms with Crippen LogP contribution in [0.5, 0.6) is 0 Å². The van der Waals surface area contributed by atoms with E-state index in [2.05, 4.69) is 5.10 Å². The van der Waals surface area contributed by atoms with Crippen LogP contribution in [0.15, 0.2) is 60.7 Å². The van der Waals surface area contributed by atoms with E-state index < -0.39 is 12.1 Å². The maximum atomic E-state index is 14.0. The molecule has 7 heteroatoms. The van der Waals surface area contributed by atoms with Gasteiger partial charge in [-0.1, -0.05) is 60.7 Å². The van der Waals surface area contributed by atoms with Crippen LogP contribution in [-0.4, -0.2) is 20.9 Å². The molecule has 1 aromatic heterocycles. The van der Waals surface area contributed by atoms with E-state index >= 15 is 0 Å². The summed E-state index contributed by atoms with van der Waals surface area (Å²) in [5.41, 5.74) is 0.890. The zero-order valence-electron chi connectivity index (χ0n) is 14.7. The molecule has 0 fully saturated rings. The number of aromatic nitrogens is 2. The quantitative estimate of drug-likeness (QED) is 0.379. The molecule has 1 heterocycles. The molecule has 0 atom stereocenters.